The molecule has 4 aromatic rings. The standard InChI is InChI=1S/C18H15N5OS3/c1-11-22-23-18(27-11)21-16(24)10-26-17-13-6-2-3-7-14(13)19-15(20-17)9-12-5-4-8-25-12/h2-8H,9-10H2,1H3,(H,21,23,24). The molecule has 0 saturated carbocycles. The van der Waals surface area contributed by atoms with Crippen molar-refractivity contribution < 1.29 is 4.79 Å². The number of para-hydroxylation sites is 1. The smallest absolute Gasteiger partial charge is 0.236 e. The summed E-state index contributed by atoms with van der Waals surface area (Å²) in [4.78, 5) is 22.8. The second-order valence-corrected chi connectivity index (χ2v) is 8.86. The molecule has 6 nitrogen and oxygen atoms in total. The molecule has 136 valence electrons. The molecule has 0 fully saturated rings. The van der Waals surface area contributed by atoms with Gasteiger partial charge in [0.05, 0.1) is 11.3 Å². The lowest BCUT2D eigenvalue weighted by Crippen LogP contribution is -2.14. The molecule has 0 radical (unpaired) electrons. The molecule has 4 rings (SSSR count). The first-order valence-electron chi connectivity index (χ1n) is 8.18. The van der Waals surface area contributed by atoms with Gasteiger partial charge in [-0.1, -0.05) is 47.4 Å². The van der Waals surface area contributed by atoms with E-state index in [1.54, 1.807) is 11.3 Å². The molecular formula is C18H15N5OS3. The predicted octanol–water partition coefficient (Wildman–Crippen LogP) is 4.17. The van der Waals surface area contributed by atoms with Crippen LogP contribution in [0.25, 0.3) is 10.9 Å². The fourth-order valence-electron chi connectivity index (χ4n) is 2.49. The molecule has 3 aromatic heterocycles. The van der Waals surface area contributed by atoms with Crippen LogP contribution in [0.15, 0.2) is 46.8 Å². The second-order valence-electron chi connectivity index (χ2n) is 5.68. The van der Waals surface area contributed by atoms with Crippen LogP contribution in [0.3, 0.4) is 0 Å². The number of nitrogens with zero attached hydrogens (tertiary/aromatic N) is 4. The van der Waals surface area contributed by atoms with Gasteiger partial charge in [-0.15, -0.1) is 21.5 Å². The third kappa shape index (κ3) is 4.49. The monoisotopic (exact) mass is 413 g/mol. The van der Waals surface area contributed by atoms with Crippen molar-refractivity contribution in [2.45, 2.75) is 18.4 Å². The summed E-state index contributed by atoms with van der Waals surface area (Å²) in [5.41, 5.74) is 0.890. The molecule has 0 aliphatic heterocycles. The maximum absolute atomic E-state index is 12.2. The number of aromatic nitrogens is 4. The first-order chi connectivity index (χ1) is 13.2. The van der Waals surface area contributed by atoms with Crippen molar-refractivity contribution in [3.8, 4) is 0 Å². The Hall–Kier alpha value is -2.36. The highest BCUT2D eigenvalue weighted by Gasteiger charge is 2.12. The minimum atomic E-state index is -0.126. The van der Waals surface area contributed by atoms with Crippen LogP contribution in [0.1, 0.15) is 15.7 Å². The van der Waals surface area contributed by atoms with E-state index < -0.39 is 0 Å². The molecule has 1 aromatic carbocycles. The van der Waals surface area contributed by atoms with Crippen LogP contribution in [0.4, 0.5) is 5.13 Å². The Kier molecular flexibility index (Phi) is 5.42. The summed E-state index contributed by atoms with van der Waals surface area (Å²) in [6.07, 6.45) is 0.687. The van der Waals surface area contributed by atoms with Crippen molar-refractivity contribution in [2.75, 3.05) is 11.1 Å². The van der Waals surface area contributed by atoms with E-state index in [0.717, 1.165) is 26.8 Å². The highest BCUT2D eigenvalue weighted by molar-refractivity contribution is 8.00. The molecule has 0 bridgehead atoms. The van der Waals surface area contributed by atoms with Gasteiger partial charge < -0.3 is 0 Å². The Morgan fingerprint density at radius 2 is 2.04 bits per heavy atom. The Balaban J connectivity index is 1.53. The van der Waals surface area contributed by atoms with Gasteiger partial charge in [-0.2, -0.15) is 0 Å². The molecule has 0 aliphatic carbocycles. The lowest BCUT2D eigenvalue weighted by atomic mass is 10.2. The fraction of sp³-hybridized carbons (Fsp3) is 0.167. The van der Waals surface area contributed by atoms with Gasteiger partial charge in [0.15, 0.2) is 0 Å². The lowest BCUT2D eigenvalue weighted by Gasteiger charge is -2.08. The third-order valence-corrected chi connectivity index (χ3v) is 6.26. The highest BCUT2D eigenvalue weighted by Crippen LogP contribution is 2.26. The summed E-state index contributed by atoms with van der Waals surface area (Å²) in [5.74, 6) is 0.885. The molecule has 1 N–H and O–H groups in total. The number of hydrogen-bond donors (Lipinski definition) is 1. The summed E-state index contributed by atoms with van der Waals surface area (Å²) in [6.45, 7) is 1.85. The molecule has 27 heavy (non-hydrogen) atoms. The summed E-state index contributed by atoms with van der Waals surface area (Å²) < 4.78 is 0. The molecule has 0 spiro atoms. The van der Waals surface area contributed by atoms with E-state index in [4.69, 9.17) is 4.98 Å². The number of anilines is 1. The van der Waals surface area contributed by atoms with Gasteiger partial charge in [-0.25, -0.2) is 9.97 Å². The van der Waals surface area contributed by atoms with Crippen molar-refractivity contribution in [3.63, 3.8) is 0 Å². The van der Waals surface area contributed by atoms with E-state index in [-0.39, 0.29) is 11.7 Å². The number of hydrogen-bond acceptors (Lipinski definition) is 8. The van der Waals surface area contributed by atoms with Crippen LogP contribution in [0.2, 0.25) is 0 Å². The number of benzene rings is 1. The number of thiophene rings is 1. The third-order valence-electron chi connectivity index (χ3n) is 3.64. The van der Waals surface area contributed by atoms with E-state index in [0.29, 0.717) is 11.6 Å². The van der Waals surface area contributed by atoms with Crippen LogP contribution in [-0.4, -0.2) is 31.8 Å². The van der Waals surface area contributed by atoms with Crippen LogP contribution in [-0.2, 0) is 11.2 Å². The number of amides is 1. The van der Waals surface area contributed by atoms with Crippen molar-refractivity contribution in [3.05, 3.63) is 57.5 Å². The zero-order valence-electron chi connectivity index (χ0n) is 14.4. The molecule has 9 heteroatoms. The van der Waals surface area contributed by atoms with Crippen molar-refractivity contribution >= 4 is 56.4 Å². The number of fused-ring (bicyclic) bond motifs is 1. The topological polar surface area (TPSA) is 80.7 Å². The maximum atomic E-state index is 12.2. The van der Waals surface area contributed by atoms with E-state index in [1.807, 2.05) is 42.6 Å². The minimum absolute atomic E-state index is 0.126. The molecule has 0 saturated heterocycles. The Morgan fingerprint density at radius 1 is 1.15 bits per heavy atom. The summed E-state index contributed by atoms with van der Waals surface area (Å²) in [6, 6.07) is 12.0. The molecule has 0 aliphatic rings. The van der Waals surface area contributed by atoms with Gasteiger partial charge in [0.2, 0.25) is 11.0 Å². The average molecular weight is 414 g/mol. The van der Waals surface area contributed by atoms with E-state index in [2.05, 4.69) is 26.6 Å². The van der Waals surface area contributed by atoms with Gasteiger partial charge in [0.25, 0.3) is 0 Å². The van der Waals surface area contributed by atoms with Gasteiger partial charge in [-0.3, -0.25) is 10.1 Å². The SMILES string of the molecule is Cc1nnc(NC(=O)CSc2nc(Cc3cccs3)nc3ccccc23)s1. The first kappa shape index (κ1) is 18.0. The fourth-order valence-corrected chi connectivity index (χ4v) is 4.64. The number of nitrogens with one attached hydrogen (secondary N) is 1. The van der Waals surface area contributed by atoms with Gasteiger partial charge in [-0.05, 0) is 24.4 Å². The second kappa shape index (κ2) is 8.12. The first-order valence-corrected chi connectivity index (χ1v) is 10.9. The molecular weight excluding hydrogens is 398 g/mol. The van der Waals surface area contributed by atoms with E-state index >= 15 is 0 Å². The number of rotatable bonds is 6. The number of aryl methyl sites for hydroxylation is 1. The number of carbonyl (C=O) groups is 1. The number of carbonyl (C=O) groups excluding carboxylic acids is 1. The van der Waals surface area contributed by atoms with Crippen LogP contribution < -0.4 is 5.32 Å². The zero-order valence-corrected chi connectivity index (χ0v) is 16.8. The Morgan fingerprint density at radius 3 is 2.81 bits per heavy atom. The maximum Gasteiger partial charge on any atom is 0.236 e. The van der Waals surface area contributed by atoms with Crippen LogP contribution >= 0.6 is 34.4 Å². The minimum Gasteiger partial charge on any atom is -0.300 e. The zero-order chi connectivity index (χ0) is 18.6. The Bertz CT molecular complexity index is 1080. The van der Waals surface area contributed by atoms with Crippen molar-refractivity contribution in [1.82, 2.24) is 20.2 Å². The van der Waals surface area contributed by atoms with E-state index in [1.165, 1.54) is 28.0 Å². The molecule has 3 heterocycles. The Labute approximate surface area is 168 Å². The largest absolute Gasteiger partial charge is 0.300 e. The lowest BCUT2D eigenvalue weighted by molar-refractivity contribution is -0.113. The molecule has 0 unspecified atom stereocenters. The van der Waals surface area contributed by atoms with E-state index in [9.17, 15) is 4.79 Å². The van der Waals surface area contributed by atoms with Gasteiger partial charge in [0.1, 0.15) is 15.9 Å². The number of thioether (sulfide) groups is 1. The van der Waals surface area contributed by atoms with Crippen molar-refractivity contribution in [2.24, 2.45) is 0 Å². The highest BCUT2D eigenvalue weighted by atomic mass is 32.2. The quantitative estimate of drug-likeness (QED) is 0.377. The predicted molar refractivity (Wildman–Crippen MR) is 111 cm³/mol. The summed E-state index contributed by atoms with van der Waals surface area (Å²) in [5, 5.41) is 15.8. The van der Waals surface area contributed by atoms with Crippen molar-refractivity contribution in [1.29, 1.82) is 0 Å². The molecule has 1 amide bonds. The van der Waals surface area contributed by atoms with Gasteiger partial charge >= 0.3 is 0 Å². The van der Waals surface area contributed by atoms with Crippen LogP contribution in [0, 0.1) is 6.92 Å². The summed E-state index contributed by atoms with van der Waals surface area (Å²) >= 11 is 4.45. The molecule has 0 atom stereocenters. The van der Waals surface area contributed by atoms with Crippen LogP contribution in [0.5, 0.6) is 0 Å². The normalized spacial score (nSPS) is 11.0. The summed E-state index contributed by atoms with van der Waals surface area (Å²) in [7, 11) is 0. The average Bonchev–Trinajstić information content (AvgIpc) is 3.31. The van der Waals surface area contributed by atoms with Gasteiger partial charge in [0, 0.05) is 16.7 Å².